The smallest absolute Gasteiger partial charge is 0.414 e. The predicted octanol–water partition coefficient (Wildman–Crippen LogP) is -0.107. The summed E-state index contributed by atoms with van der Waals surface area (Å²) in [4.78, 5) is 31.6. The lowest BCUT2D eigenvalue weighted by Crippen LogP contribution is -2.32. The number of nitrogens with two attached hydrogens (primary N) is 1. The standard InChI is InChI=1S/C9H18N2O.C2H2O4/c10-6-4-8-11-7-3-1-2-5-9(11)12;3-1(4)2(5)6/h1-8,10H2;(H,3,4)(H,5,6). The molecule has 1 heterocycles. The van der Waals surface area contributed by atoms with Crippen LogP contribution < -0.4 is 5.73 Å². The topological polar surface area (TPSA) is 121 Å². The monoisotopic (exact) mass is 260 g/mol. The zero-order valence-electron chi connectivity index (χ0n) is 10.3. The van der Waals surface area contributed by atoms with Crippen LogP contribution in [0.1, 0.15) is 32.1 Å². The van der Waals surface area contributed by atoms with Crippen LogP contribution in [0.15, 0.2) is 0 Å². The van der Waals surface area contributed by atoms with Gasteiger partial charge in [-0.15, -0.1) is 0 Å². The molecule has 7 heteroatoms. The van der Waals surface area contributed by atoms with Gasteiger partial charge in [-0.25, -0.2) is 9.59 Å². The molecule has 0 aliphatic carbocycles. The molecule has 7 nitrogen and oxygen atoms in total. The van der Waals surface area contributed by atoms with E-state index in [2.05, 4.69) is 0 Å². The molecule has 0 atom stereocenters. The van der Waals surface area contributed by atoms with Crippen molar-refractivity contribution < 1.29 is 24.6 Å². The summed E-state index contributed by atoms with van der Waals surface area (Å²) in [6, 6.07) is 0. The molecule has 0 aromatic carbocycles. The summed E-state index contributed by atoms with van der Waals surface area (Å²) in [5.41, 5.74) is 5.39. The lowest BCUT2D eigenvalue weighted by molar-refractivity contribution is -0.159. The van der Waals surface area contributed by atoms with Gasteiger partial charge in [0.2, 0.25) is 5.91 Å². The van der Waals surface area contributed by atoms with E-state index in [1.54, 1.807) is 0 Å². The third-order valence-electron chi connectivity index (χ3n) is 2.49. The number of nitrogens with zero attached hydrogens (tertiary/aromatic N) is 1. The van der Waals surface area contributed by atoms with Crippen LogP contribution in [0, 0.1) is 0 Å². The Morgan fingerprint density at radius 3 is 2.28 bits per heavy atom. The van der Waals surface area contributed by atoms with Gasteiger partial charge in [-0.3, -0.25) is 4.79 Å². The van der Waals surface area contributed by atoms with E-state index in [0.717, 1.165) is 38.8 Å². The maximum atomic E-state index is 11.4. The number of aliphatic carboxylic acids is 2. The first-order valence-electron chi connectivity index (χ1n) is 5.93. The van der Waals surface area contributed by atoms with Crippen molar-refractivity contribution >= 4 is 17.8 Å². The Morgan fingerprint density at radius 2 is 1.78 bits per heavy atom. The molecule has 4 N–H and O–H groups in total. The third kappa shape index (κ3) is 7.61. The maximum Gasteiger partial charge on any atom is 0.414 e. The minimum absolute atomic E-state index is 0.320. The Balaban J connectivity index is 0.000000411. The van der Waals surface area contributed by atoms with Crippen molar-refractivity contribution in [3.8, 4) is 0 Å². The molecule has 1 saturated heterocycles. The van der Waals surface area contributed by atoms with Gasteiger partial charge in [-0.05, 0) is 25.8 Å². The number of carbonyl (C=O) groups is 3. The second-order valence-electron chi connectivity index (χ2n) is 3.94. The number of carboxylic acids is 2. The van der Waals surface area contributed by atoms with Crippen LogP contribution in [0.4, 0.5) is 0 Å². The Morgan fingerprint density at radius 1 is 1.17 bits per heavy atom. The van der Waals surface area contributed by atoms with Crippen molar-refractivity contribution in [1.82, 2.24) is 4.90 Å². The van der Waals surface area contributed by atoms with E-state index in [-0.39, 0.29) is 0 Å². The third-order valence-corrected chi connectivity index (χ3v) is 2.49. The SMILES string of the molecule is NCCCN1CCCCCC1=O.O=C(O)C(=O)O. The Labute approximate surface area is 106 Å². The van der Waals surface area contributed by atoms with Gasteiger partial charge < -0.3 is 20.8 Å². The molecule has 0 aromatic heterocycles. The van der Waals surface area contributed by atoms with Crippen LogP contribution in [0.3, 0.4) is 0 Å². The van der Waals surface area contributed by atoms with Crippen molar-refractivity contribution in [3.63, 3.8) is 0 Å². The zero-order chi connectivity index (χ0) is 14.0. The van der Waals surface area contributed by atoms with E-state index in [0.29, 0.717) is 12.5 Å². The van der Waals surface area contributed by atoms with Gasteiger partial charge in [0.05, 0.1) is 0 Å². The first-order chi connectivity index (χ1) is 8.49. The van der Waals surface area contributed by atoms with Crippen molar-refractivity contribution in [1.29, 1.82) is 0 Å². The van der Waals surface area contributed by atoms with Crippen LogP contribution in [0.2, 0.25) is 0 Å². The summed E-state index contributed by atoms with van der Waals surface area (Å²) in [5.74, 6) is -3.33. The molecule has 0 aromatic rings. The molecule has 1 fully saturated rings. The minimum atomic E-state index is -1.82. The van der Waals surface area contributed by atoms with Crippen LogP contribution in [-0.4, -0.2) is 52.6 Å². The fourth-order valence-corrected chi connectivity index (χ4v) is 1.56. The first kappa shape index (κ1) is 16.4. The highest BCUT2D eigenvalue weighted by atomic mass is 16.4. The van der Waals surface area contributed by atoms with Crippen molar-refractivity contribution in [2.45, 2.75) is 32.1 Å². The summed E-state index contributed by atoms with van der Waals surface area (Å²) in [5, 5.41) is 14.8. The molecular formula is C11H20N2O5. The summed E-state index contributed by atoms with van der Waals surface area (Å²) < 4.78 is 0. The molecule has 0 unspecified atom stereocenters. The highest BCUT2D eigenvalue weighted by Gasteiger charge is 2.14. The lowest BCUT2D eigenvalue weighted by atomic mass is 10.2. The lowest BCUT2D eigenvalue weighted by Gasteiger charge is -2.19. The van der Waals surface area contributed by atoms with Crippen LogP contribution in [-0.2, 0) is 14.4 Å². The van der Waals surface area contributed by atoms with Gasteiger partial charge in [-0.1, -0.05) is 6.42 Å². The summed E-state index contributed by atoms with van der Waals surface area (Å²) in [6.45, 7) is 2.48. The fourth-order valence-electron chi connectivity index (χ4n) is 1.56. The molecule has 1 rings (SSSR count). The quantitative estimate of drug-likeness (QED) is 0.609. The molecule has 104 valence electrons. The van der Waals surface area contributed by atoms with E-state index in [1.807, 2.05) is 4.90 Å². The average Bonchev–Trinajstić information content (AvgIpc) is 2.52. The highest BCUT2D eigenvalue weighted by molar-refractivity contribution is 6.27. The van der Waals surface area contributed by atoms with Crippen LogP contribution in [0.25, 0.3) is 0 Å². The number of carboxylic acid groups (broad SMARTS) is 2. The fraction of sp³-hybridized carbons (Fsp3) is 0.727. The number of carbonyl (C=O) groups excluding carboxylic acids is 1. The maximum absolute atomic E-state index is 11.4. The van der Waals surface area contributed by atoms with E-state index in [1.165, 1.54) is 6.42 Å². The van der Waals surface area contributed by atoms with Gasteiger partial charge in [0, 0.05) is 19.5 Å². The van der Waals surface area contributed by atoms with Crippen molar-refractivity contribution in [3.05, 3.63) is 0 Å². The van der Waals surface area contributed by atoms with E-state index >= 15 is 0 Å². The van der Waals surface area contributed by atoms with Crippen molar-refractivity contribution in [2.24, 2.45) is 5.73 Å². The van der Waals surface area contributed by atoms with Crippen LogP contribution >= 0.6 is 0 Å². The van der Waals surface area contributed by atoms with E-state index in [4.69, 9.17) is 25.5 Å². The van der Waals surface area contributed by atoms with Gasteiger partial charge in [0.25, 0.3) is 0 Å². The number of hydrogen-bond acceptors (Lipinski definition) is 4. The van der Waals surface area contributed by atoms with Gasteiger partial charge in [0.15, 0.2) is 0 Å². The Kier molecular flexibility index (Phi) is 8.55. The van der Waals surface area contributed by atoms with E-state index in [9.17, 15) is 4.79 Å². The Hall–Kier alpha value is -1.63. The molecule has 1 aliphatic heterocycles. The molecule has 0 radical (unpaired) electrons. The molecule has 1 aliphatic rings. The first-order valence-corrected chi connectivity index (χ1v) is 5.93. The predicted molar refractivity (Wildman–Crippen MR) is 64.0 cm³/mol. The molecular weight excluding hydrogens is 240 g/mol. The molecule has 0 spiro atoms. The highest BCUT2D eigenvalue weighted by Crippen LogP contribution is 2.10. The van der Waals surface area contributed by atoms with Gasteiger partial charge in [0.1, 0.15) is 0 Å². The van der Waals surface area contributed by atoms with Crippen LogP contribution in [0.5, 0.6) is 0 Å². The molecule has 1 amide bonds. The molecule has 0 saturated carbocycles. The van der Waals surface area contributed by atoms with Gasteiger partial charge >= 0.3 is 11.9 Å². The number of likely N-dealkylation sites (tertiary alicyclic amines) is 1. The number of amides is 1. The van der Waals surface area contributed by atoms with E-state index < -0.39 is 11.9 Å². The molecule has 18 heavy (non-hydrogen) atoms. The average molecular weight is 260 g/mol. The summed E-state index contributed by atoms with van der Waals surface area (Å²) >= 11 is 0. The second-order valence-corrected chi connectivity index (χ2v) is 3.94. The summed E-state index contributed by atoms with van der Waals surface area (Å²) in [7, 11) is 0. The Bertz CT molecular complexity index is 281. The summed E-state index contributed by atoms with van der Waals surface area (Å²) in [6.07, 6.45) is 5.11. The number of rotatable bonds is 3. The molecule has 0 bridgehead atoms. The minimum Gasteiger partial charge on any atom is -0.473 e. The largest absolute Gasteiger partial charge is 0.473 e. The normalized spacial score (nSPS) is 15.4. The van der Waals surface area contributed by atoms with Crippen molar-refractivity contribution in [2.75, 3.05) is 19.6 Å². The second kappa shape index (κ2) is 9.41. The number of hydrogen-bond donors (Lipinski definition) is 3. The zero-order valence-corrected chi connectivity index (χ0v) is 10.3. The van der Waals surface area contributed by atoms with Gasteiger partial charge in [-0.2, -0.15) is 0 Å².